The van der Waals surface area contributed by atoms with Crippen molar-refractivity contribution in [3.05, 3.63) is 48.2 Å². The Morgan fingerprint density at radius 1 is 1.07 bits per heavy atom. The highest BCUT2D eigenvalue weighted by atomic mass is 16.3. The van der Waals surface area contributed by atoms with E-state index in [1.807, 2.05) is 12.3 Å². The van der Waals surface area contributed by atoms with Crippen LogP contribution < -0.4 is 5.73 Å². The second kappa shape index (κ2) is 11.2. The highest BCUT2D eigenvalue weighted by molar-refractivity contribution is 5.86. The van der Waals surface area contributed by atoms with Gasteiger partial charge in [-0.15, -0.1) is 0 Å². The lowest BCUT2D eigenvalue weighted by molar-refractivity contribution is 0.0262. The molecule has 0 bridgehead atoms. The van der Waals surface area contributed by atoms with Crippen molar-refractivity contribution in [1.29, 1.82) is 0 Å². The Kier molecular flexibility index (Phi) is 7.49. The van der Waals surface area contributed by atoms with Crippen molar-refractivity contribution in [3.8, 4) is 0 Å². The van der Waals surface area contributed by atoms with Crippen molar-refractivity contribution in [2.24, 2.45) is 23.7 Å². The summed E-state index contributed by atoms with van der Waals surface area (Å²) in [6.07, 6.45) is 13.1. The molecule has 0 aliphatic heterocycles. The number of anilines is 1. The van der Waals surface area contributed by atoms with Crippen LogP contribution in [0.3, 0.4) is 0 Å². The van der Waals surface area contributed by atoms with Gasteiger partial charge >= 0.3 is 0 Å². The number of aromatic amines is 1. The number of aromatic nitrogens is 5. The molecule has 4 N–H and O–H groups in total. The zero-order valence-corrected chi connectivity index (χ0v) is 26.3. The predicted molar refractivity (Wildman–Crippen MR) is 173 cm³/mol. The van der Waals surface area contributed by atoms with Crippen molar-refractivity contribution >= 4 is 27.9 Å². The Morgan fingerprint density at radius 3 is 2.63 bits per heavy atom. The van der Waals surface area contributed by atoms with E-state index in [9.17, 15) is 5.11 Å². The van der Waals surface area contributed by atoms with Gasteiger partial charge in [-0.05, 0) is 91.4 Å². The molecule has 3 aliphatic carbocycles. The van der Waals surface area contributed by atoms with Crippen LogP contribution in [0.25, 0.3) is 22.1 Å². The third kappa shape index (κ3) is 5.57. The second-order valence-electron chi connectivity index (χ2n) is 15.1. The average molecular weight is 584 g/mol. The number of imidazole rings is 1. The van der Waals surface area contributed by atoms with Gasteiger partial charge < -0.3 is 20.4 Å². The molecule has 3 heterocycles. The van der Waals surface area contributed by atoms with Crippen LogP contribution in [-0.2, 0) is 11.8 Å². The molecule has 3 aromatic heterocycles. The van der Waals surface area contributed by atoms with Gasteiger partial charge in [-0.1, -0.05) is 40.2 Å². The van der Waals surface area contributed by atoms with Crippen LogP contribution in [0.2, 0.25) is 0 Å². The van der Waals surface area contributed by atoms with Gasteiger partial charge in [-0.25, -0.2) is 15.0 Å². The molecule has 0 saturated heterocycles. The van der Waals surface area contributed by atoms with E-state index in [2.05, 4.69) is 70.3 Å². The maximum Gasteiger partial charge on any atom is 0.145 e. The fourth-order valence-electron chi connectivity index (χ4n) is 7.97. The quantitative estimate of drug-likeness (QED) is 0.215. The molecule has 0 spiro atoms. The molecule has 4 atom stereocenters. The third-order valence-corrected chi connectivity index (χ3v) is 11.2. The van der Waals surface area contributed by atoms with E-state index in [1.54, 1.807) is 0 Å². The van der Waals surface area contributed by atoms with Gasteiger partial charge in [0.25, 0.3) is 0 Å². The molecule has 8 nitrogen and oxygen atoms in total. The summed E-state index contributed by atoms with van der Waals surface area (Å²) in [5.74, 6) is 3.95. The molecule has 43 heavy (non-hydrogen) atoms. The molecule has 3 saturated carbocycles. The molecule has 7 rings (SSSR count). The van der Waals surface area contributed by atoms with Gasteiger partial charge in [0.1, 0.15) is 23.6 Å². The summed E-state index contributed by atoms with van der Waals surface area (Å²) in [4.78, 5) is 20.0. The van der Waals surface area contributed by atoms with Gasteiger partial charge in [0.15, 0.2) is 0 Å². The first-order valence-electron chi connectivity index (χ1n) is 16.6. The van der Waals surface area contributed by atoms with Crippen molar-refractivity contribution in [2.75, 3.05) is 18.8 Å². The fraction of sp³-hybridized carbons (Fsp3) is 0.629. The number of H-pyrrole nitrogens is 1. The summed E-state index contributed by atoms with van der Waals surface area (Å²) in [5, 5.41) is 12.3. The maximum atomic E-state index is 11.4. The monoisotopic (exact) mass is 583 g/mol. The first kappa shape index (κ1) is 28.8. The summed E-state index contributed by atoms with van der Waals surface area (Å²) in [6, 6.07) is 9.34. The molecule has 4 aromatic rings. The molecule has 3 aliphatic rings. The van der Waals surface area contributed by atoms with Crippen LogP contribution in [0.4, 0.5) is 5.82 Å². The lowest BCUT2D eigenvalue weighted by Crippen LogP contribution is -2.49. The Morgan fingerprint density at radius 2 is 1.88 bits per heavy atom. The number of nitrogens with zero attached hydrogens (tertiary/aromatic N) is 5. The zero-order valence-electron chi connectivity index (χ0n) is 26.3. The van der Waals surface area contributed by atoms with Crippen molar-refractivity contribution in [1.82, 2.24) is 29.4 Å². The van der Waals surface area contributed by atoms with Gasteiger partial charge in [0, 0.05) is 31.7 Å². The van der Waals surface area contributed by atoms with Crippen LogP contribution in [0.5, 0.6) is 0 Å². The molecule has 0 radical (unpaired) electrons. The Bertz CT molecular complexity index is 1570. The number of aliphatic hydroxyl groups excluding tert-OH is 1. The number of nitrogens with one attached hydrogen (secondary N) is 1. The molecule has 230 valence electrons. The minimum Gasteiger partial charge on any atom is -0.391 e. The standard InChI is InChI=1S/C35H49N7O/c1-21-24(16-30(32(21)43)42-13-12-27-33(36)37-20-38-34(27)42)19-41(18-22-6-5-7-22)26-14-23(15-26)8-11-31-39-28-10-9-25(35(2,3)4)17-29(28)40-31/h9-10,12-13,17,20-24,26,30,32,43H,5-8,11,14-16,18-19H2,1-4H3,(H,39,40)(H2,36,37,38). The second-order valence-corrected chi connectivity index (χ2v) is 15.1. The number of rotatable bonds is 9. The van der Waals surface area contributed by atoms with E-state index in [1.165, 1.54) is 57.0 Å². The van der Waals surface area contributed by atoms with Gasteiger partial charge in [0.05, 0.1) is 28.6 Å². The Balaban J connectivity index is 0.980. The van der Waals surface area contributed by atoms with Gasteiger partial charge in [0.2, 0.25) is 0 Å². The summed E-state index contributed by atoms with van der Waals surface area (Å²) in [6.45, 7) is 11.3. The Hall–Kier alpha value is -2.97. The highest BCUT2D eigenvalue weighted by Gasteiger charge is 2.44. The first-order valence-corrected chi connectivity index (χ1v) is 16.6. The fourth-order valence-corrected chi connectivity index (χ4v) is 7.97. The number of hydrogen-bond acceptors (Lipinski definition) is 6. The normalized spacial score (nSPS) is 28.1. The van der Waals surface area contributed by atoms with Crippen LogP contribution in [-0.4, -0.2) is 59.7 Å². The van der Waals surface area contributed by atoms with E-state index in [4.69, 9.17) is 10.7 Å². The highest BCUT2D eigenvalue weighted by Crippen LogP contribution is 2.44. The molecular formula is C35H49N7O. The molecule has 8 heteroatoms. The zero-order chi connectivity index (χ0) is 29.9. The van der Waals surface area contributed by atoms with Crippen LogP contribution >= 0.6 is 0 Å². The largest absolute Gasteiger partial charge is 0.391 e. The number of benzene rings is 1. The van der Waals surface area contributed by atoms with E-state index >= 15 is 0 Å². The van der Waals surface area contributed by atoms with Crippen molar-refractivity contribution < 1.29 is 5.11 Å². The minimum absolute atomic E-state index is 0.0229. The molecule has 4 unspecified atom stereocenters. The SMILES string of the molecule is CC1C(CN(CC2CCC2)C2CC(CCc3nc4ccc(C(C)(C)C)cc4[nH]3)C2)CC(n2ccc3c(N)ncnc32)C1O. The molecule has 1 aromatic carbocycles. The van der Waals surface area contributed by atoms with E-state index in [0.717, 1.165) is 59.1 Å². The molecule has 3 fully saturated rings. The maximum absolute atomic E-state index is 11.4. The lowest BCUT2D eigenvalue weighted by Gasteiger charge is -2.46. The van der Waals surface area contributed by atoms with Crippen LogP contribution in [0.15, 0.2) is 36.8 Å². The number of nitrogen functional groups attached to an aromatic ring is 1. The topological polar surface area (TPSA) is 109 Å². The summed E-state index contributed by atoms with van der Waals surface area (Å²) < 4.78 is 2.15. The number of aliphatic hydroxyl groups is 1. The summed E-state index contributed by atoms with van der Waals surface area (Å²) in [7, 11) is 0. The summed E-state index contributed by atoms with van der Waals surface area (Å²) >= 11 is 0. The van der Waals surface area contributed by atoms with Crippen LogP contribution in [0, 0.1) is 23.7 Å². The van der Waals surface area contributed by atoms with E-state index < -0.39 is 0 Å². The van der Waals surface area contributed by atoms with Crippen molar-refractivity contribution in [3.63, 3.8) is 0 Å². The average Bonchev–Trinajstić information content (AvgIpc) is 3.61. The predicted octanol–water partition coefficient (Wildman–Crippen LogP) is 6.26. The minimum atomic E-state index is -0.389. The number of nitrogens with two attached hydrogens (primary N) is 1. The molecular weight excluding hydrogens is 534 g/mol. The number of aryl methyl sites for hydroxylation is 1. The number of fused-ring (bicyclic) bond motifs is 2. The smallest absolute Gasteiger partial charge is 0.145 e. The number of hydrogen-bond donors (Lipinski definition) is 3. The van der Waals surface area contributed by atoms with Gasteiger partial charge in [-0.3, -0.25) is 4.90 Å². The van der Waals surface area contributed by atoms with E-state index in [-0.39, 0.29) is 23.5 Å². The van der Waals surface area contributed by atoms with Gasteiger partial charge in [-0.2, -0.15) is 0 Å². The third-order valence-electron chi connectivity index (χ3n) is 11.2. The molecule has 0 amide bonds. The van der Waals surface area contributed by atoms with Crippen LogP contribution in [0.1, 0.15) is 90.1 Å². The van der Waals surface area contributed by atoms with E-state index in [0.29, 0.717) is 17.8 Å². The van der Waals surface area contributed by atoms with Crippen molar-refractivity contribution in [2.45, 2.75) is 103 Å². The lowest BCUT2D eigenvalue weighted by atomic mass is 9.75. The summed E-state index contributed by atoms with van der Waals surface area (Å²) in [5.41, 5.74) is 10.7. The first-order chi connectivity index (χ1) is 20.6. The Labute approximate surface area is 255 Å².